The Bertz CT molecular complexity index is 2410. The highest BCUT2D eigenvalue weighted by Gasteiger charge is 2.39. The number of hydrogen-bond acceptors (Lipinski definition) is 6. The fourth-order valence-corrected chi connectivity index (χ4v) is 8.88. The third-order valence-corrected chi connectivity index (χ3v) is 12.5. The molecule has 2 atom stereocenters. The number of amides is 3. The SMILES string of the molecule is Cc1c(-c2ccc(C#N)c(Cl)c2)nn(Cc2ccc(C#C[C@H]3CC[C@H](CN4CCC(C#Cc5ccc6c(c5)C(=O)N(C5CCC(=O)NC5=O)C6)C4)CC3)cc2)c1C. The van der Waals surface area contributed by atoms with E-state index in [1.807, 2.05) is 35.0 Å². The Balaban J connectivity index is 0.787. The second-order valence-corrected chi connectivity index (χ2v) is 16.4. The highest BCUT2D eigenvalue weighted by atomic mass is 35.5. The van der Waals surface area contributed by atoms with Crippen LogP contribution < -0.4 is 5.32 Å². The summed E-state index contributed by atoms with van der Waals surface area (Å²) in [5, 5.41) is 16.9. The zero-order chi connectivity index (χ0) is 39.6. The number of carbonyl (C=O) groups is 3. The second-order valence-electron chi connectivity index (χ2n) is 16.0. The fourth-order valence-electron chi connectivity index (χ4n) is 8.66. The van der Waals surface area contributed by atoms with Crippen LogP contribution in [0, 0.1) is 66.6 Å². The molecule has 4 aliphatic rings. The third kappa shape index (κ3) is 8.40. The molecule has 1 aromatic heterocycles. The van der Waals surface area contributed by atoms with Crippen LogP contribution in [0.4, 0.5) is 0 Å². The zero-order valence-electron chi connectivity index (χ0n) is 32.4. The van der Waals surface area contributed by atoms with E-state index < -0.39 is 11.9 Å². The molecule has 8 rings (SSSR count). The summed E-state index contributed by atoms with van der Waals surface area (Å²) in [5.74, 6) is 14.4. The predicted molar refractivity (Wildman–Crippen MR) is 219 cm³/mol. The molecule has 1 N–H and O–H groups in total. The molecule has 2 unspecified atom stereocenters. The quantitative estimate of drug-likeness (QED) is 0.166. The number of nitrogens with one attached hydrogen (secondary N) is 1. The minimum atomic E-state index is -0.608. The molecular formula is C47H45ClN6O3. The van der Waals surface area contributed by atoms with E-state index in [4.69, 9.17) is 16.7 Å². The van der Waals surface area contributed by atoms with Crippen molar-refractivity contribution in [1.29, 1.82) is 5.26 Å². The van der Waals surface area contributed by atoms with Crippen LogP contribution in [0.15, 0.2) is 60.7 Å². The molecule has 1 saturated carbocycles. The summed E-state index contributed by atoms with van der Waals surface area (Å²) >= 11 is 6.31. The zero-order valence-corrected chi connectivity index (χ0v) is 33.2. The summed E-state index contributed by atoms with van der Waals surface area (Å²) in [6, 6.07) is 21.2. The van der Waals surface area contributed by atoms with Gasteiger partial charge in [-0.2, -0.15) is 10.4 Å². The normalized spacial score (nSPS) is 21.9. The topological polar surface area (TPSA) is 111 Å². The molecule has 0 spiro atoms. The molecule has 3 amide bonds. The first kappa shape index (κ1) is 38.2. The van der Waals surface area contributed by atoms with Gasteiger partial charge >= 0.3 is 0 Å². The summed E-state index contributed by atoms with van der Waals surface area (Å²) in [5.41, 5.74) is 8.95. The first-order valence-corrected chi connectivity index (χ1v) is 20.4. The standard InChI is InChI=1S/C47H45ClN6O3/c1-30-31(2)54(51-45(30)38-17-18-39(25-49)42(48)24-38)28-36-12-7-33(8-13-36)4-3-32-5-10-35(11-6-32)26-52-22-21-37(27-52)14-9-34-15-16-40-29-53(47(57)41(40)23-34)43-19-20-44(55)50-46(43)56/h7-8,12-13,15-18,23-24,32,35,37,43H,5-6,10-11,19-22,26-29H2,1-2H3,(H,50,55,56)/t32-,35-,37?,43?. The first-order chi connectivity index (χ1) is 27.6. The Morgan fingerprint density at radius 2 is 1.63 bits per heavy atom. The molecule has 3 aliphatic heterocycles. The van der Waals surface area contributed by atoms with Crippen LogP contribution in [-0.4, -0.2) is 63.0 Å². The number of halogens is 1. The van der Waals surface area contributed by atoms with Crippen LogP contribution in [0.1, 0.15) is 94.4 Å². The highest BCUT2D eigenvalue weighted by molar-refractivity contribution is 6.32. The summed E-state index contributed by atoms with van der Waals surface area (Å²) < 4.78 is 2.02. The largest absolute Gasteiger partial charge is 0.322 e. The molecule has 3 fully saturated rings. The Morgan fingerprint density at radius 3 is 2.39 bits per heavy atom. The highest BCUT2D eigenvalue weighted by Crippen LogP contribution is 2.32. The van der Waals surface area contributed by atoms with Gasteiger partial charge in [0.05, 0.1) is 22.8 Å². The van der Waals surface area contributed by atoms with Crippen LogP contribution in [-0.2, 0) is 22.7 Å². The molecule has 288 valence electrons. The van der Waals surface area contributed by atoms with E-state index >= 15 is 0 Å². The van der Waals surface area contributed by atoms with Gasteiger partial charge in [0.1, 0.15) is 12.1 Å². The molecule has 3 aromatic carbocycles. The summed E-state index contributed by atoms with van der Waals surface area (Å²) in [7, 11) is 0. The van der Waals surface area contributed by atoms with Crippen molar-refractivity contribution in [2.75, 3.05) is 19.6 Å². The van der Waals surface area contributed by atoms with Crippen molar-refractivity contribution in [2.24, 2.45) is 17.8 Å². The van der Waals surface area contributed by atoms with Crippen molar-refractivity contribution < 1.29 is 14.4 Å². The maximum absolute atomic E-state index is 13.2. The fraction of sp³-hybridized carbons (Fsp3) is 0.383. The van der Waals surface area contributed by atoms with Gasteiger partial charge in [0.15, 0.2) is 0 Å². The number of hydrogen-bond donors (Lipinski definition) is 1. The van der Waals surface area contributed by atoms with Crippen molar-refractivity contribution in [3.63, 3.8) is 0 Å². The van der Waals surface area contributed by atoms with E-state index in [9.17, 15) is 19.6 Å². The summed E-state index contributed by atoms with van der Waals surface area (Å²) in [4.78, 5) is 41.3. The number of piperidine rings is 1. The van der Waals surface area contributed by atoms with Gasteiger partial charge in [0.25, 0.3) is 5.91 Å². The van der Waals surface area contributed by atoms with E-state index in [0.29, 0.717) is 53.4 Å². The van der Waals surface area contributed by atoms with Crippen LogP contribution in [0.25, 0.3) is 11.3 Å². The van der Waals surface area contributed by atoms with Gasteiger partial charge in [-0.25, -0.2) is 0 Å². The molecule has 0 bridgehead atoms. The third-order valence-electron chi connectivity index (χ3n) is 12.2. The van der Waals surface area contributed by atoms with Gasteiger partial charge in [-0.15, -0.1) is 0 Å². The lowest BCUT2D eigenvalue weighted by Gasteiger charge is -2.29. The van der Waals surface area contributed by atoms with Gasteiger partial charge in [-0.05, 0) is 118 Å². The number of aromatic nitrogens is 2. The van der Waals surface area contributed by atoms with Crippen molar-refractivity contribution >= 4 is 29.3 Å². The molecule has 4 aromatic rings. The minimum Gasteiger partial charge on any atom is -0.322 e. The van der Waals surface area contributed by atoms with Crippen LogP contribution in [0.3, 0.4) is 0 Å². The monoisotopic (exact) mass is 776 g/mol. The lowest BCUT2D eigenvalue weighted by molar-refractivity contribution is -0.136. The summed E-state index contributed by atoms with van der Waals surface area (Å²) in [6.45, 7) is 8.33. The molecule has 1 aliphatic carbocycles. The van der Waals surface area contributed by atoms with Crippen molar-refractivity contribution in [3.8, 4) is 41.0 Å². The molecule has 2 saturated heterocycles. The van der Waals surface area contributed by atoms with Gasteiger partial charge < -0.3 is 9.80 Å². The summed E-state index contributed by atoms with van der Waals surface area (Å²) in [6.07, 6.45) is 6.32. The molecule has 9 nitrogen and oxygen atoms in total. The first-order valence-electron chi connectivity index (χ1n) is 20.0. The second kappa shape index (κ2) is 16.4. The maximum atomic E-state index is 13.2. The van der Waals surface area contributed by atoms with Crippen LogP contribution in [0.5, 0.6) is 0 Å². The van der Waals surface area contributed by atoms with E-state index in [2.05, 4.69) is 78.1 Å². The number of nitrogens with zero attached hydrogens (tertiary/aromatic N) is 5. The van der Waals surface area contributed by atoms with Gasteiger partial charge in [-0.3, -0.25) is 24.4 Å². The minimum absolute atomic E-state index is 0.165. The molecular weight excluding hydrogens is 732 g/mol. The van der Waals surface area contributed by atoms with E-state index in [1.165, 1.54) is 12.8 Å². The lowest BCUT2D eigenvalue weighted by Crippen LogP contribution is -2.52. The van der Waals surface area contributed by atoms with Gasteiger partial charge in [-0.1, -0.05) is 59.5 Å². The number of benzene rings is 3. The smallest absolute Gasteiger partial charge is 0.255 e. The molecule has 0 radical (unpaired) electrons. The Kier molecular flexibility index (Phi) is 11.0. The average Bonchev–Trinajstić information content (AvgIpc) is 3.89. The van der Waals surface area contributed by atoms with Gasteiger partial charge in [0, 0.05) is 65.8 Å². The predicted octanol–water partition coefficient (Wildman–Crippen LogP) is 7.03. The lowest BCUT2D eigenvalue weighted by atomic mass is 9.82. The Morgan fingerprint density at radius 1 is 0.877 bits per heavy atom. The van der Waals surface area contributed by atoms with Crippen molar-refractivity contribution in [3.05, 3.63) is 110 Å². The van der Waals surface area contributed by atoms with E-state index in [0.717, 1.165) is 83.7 Å². The number of likely N-dealkylation sites (tertiary alicyclic amines) is 1. The van der Waals surface area contributed by atoms with Crippen molar-refractivity contribution in [2.45, 2.75) is 77.9 Å². The molecule has 10 heteroatoms. The molecule has 4 heterocycles. The van der Waals surface area contributed by atoms with E-state index in [-0.39, 0.29) is 18.2 Å². The number of carbonyl (C=O) groups excluding carboxylic acids is 3. The maximum Gasteiger partial charge on any atom is 0.255 e. The van der Waals surface area contributed by atoms with Crippen molar-refractivity contribution in [1.82, 2.24) is 24.9 Å². The Labute approximate surface area is 339 Å². The number of rotatable bonds is 6. The van der Waals surface area contributed by atoms with E-state index in [1.54, 1.807) is 11.0 Å². The molecule has 57 heavy (non-hydrogen) atoms. The Hall–Kier alpha value is -5.66. The van der Waals surface area contributed by atoms with Crippen LogP contribution in [0.2, 0.25) is 5.02 Å². The average molecular weight is 777 g/mol. The number of imide groups is 1. The number of fused-ring (bicyclic) bond motifs is 1. The number of nitriles is 1. The van der Waals surface area contributed by atoms with Gasteiger partial charge in [0.2, 0.25) is 11.8 Å². The van der Waals surface area contributed by atoms with Crippen LogP contribution >= 0.6 is 11.6 Å².